The van der Waals surface area contributed by atoms with Crippen LogP contribution in [0.3, 0.4) is 0 Å². The molecule has 2 heterocycles. The fraction of sp³-hybridized carbons (Fsp3) is 0.235. The van der Waals surface area contributed by atoms with Gasteiger partial charge in [-0.2, -0.15) is 5.10 Å². The fourth-order valence-corrected chi connectivity index (χ4v) is 3.67. The van der Waals surface area contributed by atoms with Crippen molar-refractivity contribution in [2.45, 2.75) is 19.9 Å². The SMILES string of the molecule is COc1ccc(-c2nc(C)c(C(C)Nc3cn[nH]c(=O)c3Cl)s2)cc1. The van der Waals surface area contributed by atoms with E-state index in [1.807, 2.05) is 38.1 Å². The van der Waals surface area contributed by atoms with Crippen LogP contribution in [-0.2, 0) is 0 Å². The van der Waals surface area contributed by atoms with Crippen LogP contribution < -0.4 is 15.6 Å². The van der Waals surface area contributed by atoms with E-state index in [1.165, 1.54) is 6.20 Å². The van der Waals surface area contributed by atoms with Crippen LogP contribution in [0.15, 0.2) is 35.3 Å². The largest absolute Gasteiger partial charge is 0.497 e. The average molecular weight is 377 g/mol. The number of halogens is 1. The van der Waals surface area contributed by atoms with Crippen LogP contribution >= 0.6 is 22.9 Å². The first-order valence-electron chi connectivity index (χ1n) is 7.61. The number of aryl methyl sites for hydroxylation is 1. The number of thiazole rings is 1. The minimum Gasteiger partial charge on any atom is -0.497 e. The Morgan fingerprint density at radius 3 is 2.72 bits per heavy atom. The van der Waals surface area contributed by atoms with Crippen molar-refractivity contribution >= 4 is 28.6 Å². The second kappa shape index (κ2) is 7.25. The summed E-state index contributed by atoms with van der Waals surface area (Å²) in [5.41, 5.74) is 2.04. The van der Waals surface area contributed by atoms with Gasteiger partial charge in [0, 0.05) is 10.4 Å². The van der Waals surface area contributed by atoms with Gasteiger partial charge >= 0.3 is 0 Å². The zero-order chi connectivity index (χ0) is 18.0. The average Bonchev–Trinajstić information content (AvgIpc) is 3.01. The molecule has 0 fully saturated rings. The van der Waals surface area contributed by atoms with Crippen LogP contribution in [0.25, 0.3) is 10.6 Å². The molecule has 130 valence electrons. The van der Waals surface area contributed by atoms with Crippen LogP contribution in [-0.4, -0.2) is 22.3 Å². The number of nitrogens with one attached hydrogen (secondary N) is 2. The molecular formula is C17H17ClN4O2S. The molecule has 0 aliphatic carbocycles. The molecule has 2 aromatic heterocycles. The second-order valence-electron chi connectivity index (χ2n) is 5.49. The molecule has 0 radical (unpaired) electrons. The molecule has 0 aliphatic heterocycles. The Morgan fingerprint density at radius 2 is 2.04 bits per heavy atom. The fourth-order valence-electron chi connectivity index (χ4n) is 2.45. The third kappa shape index (κ3) is 3.67. The lowest BCUT2D eigenvalue weighted by atomic mass is 10.2. The summed E-state index contributed by atoms with van der Waals surface area (Å²) in [5, 5.41) is 10.3. The van der Waals surface area contributed by atoms with Gasteiger partial charge in [-0.25, -0.2) is 10.1 Å². The number of H-pyrrole nitrogens is 1. The van der Waals surface area contributed by atoms with Crippen molar-refractivity contribution in [3.05, 3.63) is 56.4 Å². The van der Waals surface area contributed by atoms with Crippen molar-refractivity contribution in [3.63, 3.8) is 0 Å². The minimum atomic E-state index is -0.418. The van der Waals surface area contributed by atoms with E-state index in [9.17, 15) is 4.79 Å². The number of ether oxygens (including phenoxy) is 1. The highest BCUT2D eigenvalue weighted by Gasteiger charge is 2.17. The summed E-state index contributed by atoms with van der Waals surface area (Å²) in [7, 11) is 1.64. The van der Waals surface area contributed by atoms with Gasteiger partial charge in [0.2, 0.25) is 0 Å². The Labute approximate surface area is 153 Å². The standard InChI is InChI=1S/C17H17ClN4O2S/c1-9(20-13-8-19-22-16(23)14(13)18)15-10(2)21-17(25-15)11-4-6-12(24-3)7-5-11/h4-9H,1-3H3,(H2,20,22,23). The number of benzene rings is 1. The third-order valence-electron chi connectivity index (χ3n) is 3.73. The van der Waals surface area contributed by atoms with Gasteiger partial charge in [-0.3, -0.25) is 4.79 Å². The topological polar surface area (TPSA) is 79.9 Å². The Hall–Kier alpha value is -2.38. The van der Waals surface area contributed by atoms with Gasteiger partial charge in [0.05, 0.1) is 30.7 Å². The van der Waals surface area contributed by atoms with Gasteiger partial charge < -0.3 is 10.1 Å². The van der Waals surface area contributed by atoms with E-state index < -0.39 is 5.56 Å². The molecule has 0 saturated carbocycles. The van der Waals surface area contributed by atoms with Crippen molar-refractivity contribution < 1.29 is 4.74 Å². The lowest BCUT2D eigenvalue weighted by Crippen LogP contribution is -2.14. The molecular weight excluding hydrogens is 360 g/mol. The molecule has 0 bridgehead atoms. The summed E-state index contributed by atoms with van der Waals surface area (Å²) in [5.74, 6) is 0.809. The quantitative estimate of drug-likeness (QED) is 0.702. The van der Waals surface area contributed by atoms with Crippen molar-refractivity contribution in [2.75, 3.05) is 12.4 Å². The summed E-state index contributed by atoms with van der Waals surface area (Å²) >= 11 is 7.62. The molecule has 0 amide bonds. The highest BCUT2D eigenvalue weighted by molar-refractivity contribution is 7.15. The smallest absolute Gasteiger partial charge is 0.285 e. The van der Waals surface area contributed by atoms with E-state index in [1.54, 1.807) is 18.4 Å². The van der Waals surface area contributed by atoms with Crippen molar-refractivity contribution in [1.29, 1.82) is 0 Å². The van der Waals surface area contributed by atoms with E-state index in [4.69, 9.17) is 16.3 Å². The zero-order valence-electron chi connectivity index (χ0n) is 14.0. The van der Waals surface area contributed by atoms with Gasteiger partial charge in [0.1, 0.15) is 15.8 Å². The Kier molecular flexibility index (Phi) is 5.06. The first kappa shape index (κ1) is 17.4. The first-order valence-corrected chi connectivity index (χ1v) is 8.80. The molecule has 8 heteroatoms. The van der Waals surface area contributed by atoms with Crippen molar-refractivity contribution in [2.24, 2.45) is 0 Å². The Bertz CT molecular complexity index is 937. The number of anilines is 1. The van der Waals surface area contributed by atoms with Crippen LogP contribution in [0.5, 0.6) is 5.75 Å². The summed E-state index contributed by atoms with van der Waals surface area (Å²) in [6, 6.07) is 7.72. The first-order chi connectivity index (χ1) is 12.0. The van der Waals surface area contributed by atoms with Crippen LogP contribution in [0.4, 0.5) is 5.69 Å². The van der Waals surface area contributed by atoms with Crippen LogP contribution in [0, 0.1) is 6.92 Å². The highest BCUT2D eigenvalue weighted by atomic mass is 35.5. The molecule has 6 nitrogen and oxygen atoms in total. The number of rotatable bonds is 5. The van der Waals surface area contributed by atoms with Crippen molar-refractivity contribution in [1.82, 2.24) is 15.2 Å². The second-order valence-corrected chi connectivity index (χ2v) is 6.90. The predicted molar refractivity (Wildman–Crippen MR) is 101 cm³/mol. The predicted octanol–water partition coefficient (Wildman–Crippen LogP) is 4.04. The molecule has 3 aromatic rings. The highest BCUT2D eigenvalue weighted by Crippen LogP contribution is 2.34. The van der Waals surface area contributed by atoms with E-state index in [0.29, 0.717) is 5.69 Å². The maximum Gasteiger partial charge on any atom is 0.285 e. The maximum atomic E-state index is 11.6. The molecule has 0 aliphatic rings. The summed E-state index contributed by atoms with van der Waals surface area (Å²) in [6.07, 6.45) is 1.50. The Balaban J connectivity index is 1.86. The minimum absolute atomic E-state index is 0.0643. The Morgan fingerprint density at radius 1 is 1.32 bits per heavy atom. The summed E-state index contributed by atoms with van der Waals surface area (Å²) in [6.45, 7) is 3.96. The molecule has 2 N–H and O–H groups in total. The molecule has 3 rings (SSSR count). The maximum absolute atomic E-state index is 11.6. The molecule has 25 heavy (non-hydrogen) atoms. The summed E-state index contributed by atoms with van der Waals surface area (Å²) < 4.78 is 5.19. The van der Waals surface area contributed by atoms with Crippen molar-refractivity contribution in [3.8, 4) is 16.3 Å². The lowest BCUT2D eigenvalue weighted by molar-refractivity contribution is 0.415. The number of hydrogen-bond acceptors (Lipinski definition) is 6. The van der Waals surface area contributed by atoms with E-state index in [-0.39, 0.29) is 11.1 Å². The van der Waals surface area contributed by atoms with Gasteiger partial charge in [-0.15, -0.1) is 11.3 Å². The number of aromatic nitrogens is 3. The number of methoxy groups -OCH3 is 1. The number of aromatic amines is 1. The number of nitrogens with zero attached hydrogens (tertiary/aromatic N) is 2. The van der Waals surface area contributed by atoms with Crippen LogP contribution in [0.1, 0.15) is 23.5 Å². The van der Waals surface area contributed by atoms with Gasteiger partial charge in [0.15, 0.2) is 0 Å². The van der Waals surface area contributed by atoms with E-state index in [0.717, 1.165) is 26.9 Å². The molecule has 1 atom stereocenters. The molecule has 1 aromatic carbocycles. The van der Waals surface area contributed by atoms with Gasteiger partial charge in [0.25, 0.3) is 5.56 Å². The normalized spacial score (nSPS) is 12.0. The number of hydrogen-bond donors (Lipinski definition) is 2. The molecule has 1 unspecified atom stereocenters. The third-order valence-corrected chi connectivity index (χ3v) is 5.49. The lowest BCUT2D eigenvalue weighted by Gasteiger charge is -2.14. The van der Waals surface area contributed by atoms with Gasteiger partial charge in [-0.1, -0.05) is 11.6 Å². The van der Waals surface area contributed by atoms with Gasteiger partial charge in [-0.05, 0) is 38.1 Å². The molecule has 0 saturated heterocycles. The monoisotopic (exact) mass is 376 g/mol. The van der Waals surface area contributed by atoms with Crippen LogP contribution in [0.2, 0.25) is 5.02 Å². The summed E-state index contributed by atoms with van der Waals surface area (Å²) in [4.78, 5) is 17.3. The van der Waals surface area contributed by atoms with E-state index >= 15 is 0 Å². The van der Waals surface area contributed by atoms with E-state index in [2.05, 4.69) is 20.5 Å². The zero-order valence-corrected chi connectivity index (χ0v) is 15.5. The molecule has 0 spiro atoms.